The number of rotatable bonds is 10. The van der Waals surface area contributed by atoms with E-state index < -0.39 is 56.0 Å². The zero-order valence-corrected chi connectivity index (χ0v) is 20.0. The molecular weight excluding hydrogens is 481 g/mol. The van der Waals surface area contributed by atoms with Crippen molar-refractivity contribution in [2.45, 2.75) is 44.7 Å². The lowest BCUT2D eigenvalue weighted by molar-refractivity contribution is -0.143. The topological polar surface area (TPSA) is 158 Å². The summed E-state index contributed by atoms with van der Waals surface area (Å²) in [6, 6.07) is 7.02. The molecule has 1 saturated heterocycles. The molecule has 3 N–H and O–H groups in total. The monoisotopic (exact) mass is 507 g/mol. The van der Waals surface area contributed by atoms with Gasteiger partial charge in [-0.1, -0.05) is 24.1 Å². The van der Waals surface area contributed by atoms with Crippen molar-refractivity contribution in [2.75, 3.05) is 13.2 Å². The summed E-state index contributed by atoms with van der Waals surface area (Å²) >= 11 is 0. The zero-order chi connectivity index (χ0) is 25.6. The van der Waals surface area contributed by atoms with E-state index in [1.54, 1.807) is 30.3 Å². The van der Waals surface area contributed by atoms with E-state index in [2.05, 4.69) is 16.0 Å². The average molecular weight is 507 g/mol. The number of benzene rings is 1. The van der Waals surface area contributed by atoms with Gasteiger partial charge in [-0.25, -0.2) is 9.36 Å². The van der Waals surface area contributed by atoms with E-state index >= 15 is 0 Å². The molecule has 35 heavy (non-hydrogen) atoms. The summed E-state index contributed by atoms with van der Waals surface area (Å²) in [5, 5.41) is 12.9. The minimum absolute atomic E-state index is 0.0194. The molecule has 2 heterocycles. The highest BCUT2D eigenvalue weighted by molar-refractivity contribution is 7.52. The fraction of sp³-hybridized carbons (Fsp3) is 0.409. The van der Waals surface area contributed by atoms with Gasteiger partial charge in [0, 0.05) is 18.2 Å². The molecule has 1 aromatic heterocycles. The van der Waals surface area contributed by atoms with Crippen LogP contribution < -0.4 is 20.9 Å². The quantitative estimate of drug-likeness (QED) is 0.239. The van der Waals surface area contributed by atoms with Gasteiger partial charge in [0.05, 0.1) is 12.7 Å². The Kier molecular flexibility index (Phi) is 8.67. The number of para-hydroxylation sites is 1. The zero-order valence-electron chi connectivity index (χ0n) is 19.1. The maximum absolute atomic E-state index is 13.5. The molecule has 3 rings (SSSR count). The number of terminal acetylenes is 1. The van der Waals surface area contributed by atoms with Crippen LogP contribution in [0.4, 0.5) is 0 Å². The predicted molar refractivity (Wildman–Crippen MR) is 124 cm³/mol. The summed E-state index contributed by atoms with van der Waals surface area (Å²) in [5.74, 6) is 1.59. The molecule has 0 aliphatic carbocycles. The van der Waals surface area contributed by atoms with E-state index in [4.69, 9.17) is 24.9 Å². The number of carbonyl (C=O) groups is 1. The highest BCUT2D eigenvalue weighted by Gasteiger charge is 2.39. The molecule has 1 aliphatic rings. The van der Waals surface area contributed by atoms with E-state index in [1.807, 2.05) is 0 Å². The second kappa shape index (κ2) is 11.5. The van der Waals surface area contributed by atoms with Crippen LogP contribution in [0, 0.1) is 19.3 Å². The summed E-state index contributed by atoms with van der Waals surface area (Å²) in [7, 11) is -4.19. The summed E-state index contributed by atoms with van der Waals surface area (Å²) in [4.78, 5) is 38.0. The number of aryl methyl sites for hydroxylation is 1. The van der Waals surface area contributed by atoms with Gasteiger partial charge in [0.2, 0.25) is 0 Å². The summed E-state index contributed by atoms with van der Waals surface area (Å²) in [5.41, 5.74) is -0.930. The molecule has 0 unspecified atom stereocenters. The lowest BCUT2D eigenvalue weighted by Crippen LogP contribution is -2.36. The van der Waals surface area contributed by atoms with Crippen molar-refractivity contribution >= 4 is 13.7 Å². The first-order valence-electron chi connectivity index (χ1n) is 10.6. The molecule has 1 aromatic carbocycles. The maximum atomic E-state index is 13.5. The van der Waals surface area contributed by atoms with Gasteiger partial charge >= 0.3 is 19.4 Å². The number of carbonyl (C=O) groups excluding carboxylic acids is 1. The Bertz CT molecular complexity index is 1240. The molecule has 13 heteroatoms. The second-order valence-electron chi connectivity index (χ2n) is 7.77. The Morgan fingerprint density at radius 2 is 2.11 bits per heavy atom. The van der Waals surface area contributed by atoms with Crippen molar-refractivity contribution in [3.8, 4) is 18.1 Å². The Balaban J connectivity index is 1.73. The van der Waals surface area contributed by atoms with Crippen LogP contribution in [0.1, 0.15) is 25.1 Å². The third-order valence-corrected chi connectivity index (χ3v) is 6.68. The summed E-state index contributed by atoms with van der Waals surface area (Å²) in [6.45, 7) is 2.26. The van der Waals surface area contributed by atoms with Crippen LogP contribution in [-0.4, -0.2) is 52.1 Å². The minimum Gasteiger partial charge on any atom is -0.451 e. The van der Waals surface area contributed by atoms with Gasteiger partial charge in [0.15, 0.2) is 6.61 Å². The molecular formula is C22H26N3O9P. The first-order valence-corrected chi connectivity index (χ1v) is 12.2. The molecule has 188 valence electrons. The van der Waals surface area contributed by atoms with Crippen molar-refractivity contribution in [1.82, 2.24) is 14.6 Å². The van der Waals surface area contributed by atoms with Crippen LogP contribution in [0.2, 0.25) is 0 Å². The SMILES string of the molecule is C#CCOC(=O)[C@H](C)N[P@](=O)(OC[C@@H]1O[C@H](n2cc(C)c(=O)[nH]c2=O)C[C@H]1O)Oc1ccccc1. The molecule has 0 saturated carbocycles. The molecule has 12 nitrogen and oxygen atoms in total. The molecule has 2 aromatic rings. The first kappa shape index (κ1) is 26.4. The van der Waals surface area contributed by atoms with Crippen LogP contribution in [0.25, 0.3) is 0 Å². The minimum atomic E-state index is -4.19. The number of nitrogens with zero attached hydrogens (tertiary/aromatic N) is 1. The molecule has 0 amide bonds. The van der Waals surface area contributed by atoms with Crippen LogP contribution in [0.15, 0.2) is 46.1 Å². The van der Waals surface area contributed by atoms with E-state index in [0.29, 0.717) is 0 Å². The number of aromatic nitrogens is 2. The van der Waals surface area contributed by atoms with Crippen LogP contribution >= 0.6 is 7.75 Å². The number of hydrogen-bond donors (Lipinski definition) is 3. The van der Waals surface area contributed by atoms with Gasteiger partial charge in [0.1, 0.15) is 24.1 Å². The lowest BCUT2D eigenvalue weighted by Gasteiger charge is -2.24. The molecule has 0 spiro atoms. The van der Waals surface area contributed by atoms with Crippen molar-refractivity contribution in [2.24, 2.45) is 0 Å². The number of ether oxygens (including phenoxy) is 2. The number of H-pyrrole nitrogens is 1. The van der Waals surface area contributed by atoms with E-state index in [-0.39, 0.29) is 24.3 Å². The maximum Gasteiger partial charge on any atom is 0.459 e. The number of aromatic amines is 1. The van der Waals surface area contributed by atoms with Crippen LogP contribution in [0.5, 0.6) is 5.75 Å². The molecule has 0 radical (unpaired) electrons. The van der Waals surface area contributed by atoms with Gasteiger partial charge in [-0.05, 0) is 26.0 Å². The summed E-state index contributed by atoms with van der Waals surface area (Å²) < 4.78 is 36.3. The largest absolute Gasteiger partial charge is 0.459 e. The van der Waals surface area contributed by atoms with Gasteiger partial charge < -0.3 is 19.1 Å². The predicted octanol–water partition coefficient (Wildman–Crippen LogP) is 0.852. The Morgan fingerprint density at radius 3 is 2.80 bits per heavy atom. The average Bonchev–Trinajstić information content (AvgIpc) is 3.19. The molecule has 1 aliphatic heterocycles. The first-order chi connectivity index (χ1) is 16.6. The van der Waals surface area contributed by atoms with Gasteiger partial charge in [-0.3, -0.25) is 23.7 Å². The van der Waals surface area contributed by atoms with Gasteiger partial charge in [0.25, 0.3) is 5.56 Å². The lowest BCUT2D eigenvalue weighted by atomic mass is 10.2. The van der Waals surface area contributed by atoms with Crippen LogP contribution in [0.3, 0.4) is 0 Å². The van der Waals surface area contributed by atoms with E-state index in [1.165, 1.54) is 20.0 Å². The standard InChI is InChI=1S/C22H26N3O9P/c1-4-10-31-21(28)15(3)24-35(30,34-16-8-6-5-7-9-16)32-13-18-17(26)11-19(33-18)25-12-14(2)20(27)23-22(25)29/h1,5-9,12,15,17-19,26H,10-11,13H2,2-3H3,(H,24,30)(H,23,27,29)/t15-,17+,18-,19-,35-/m0/s1. The Hall–Kier alpha value is -3.20. The Labute approximate surface area is 200 Å². The number of nitrogens with one attached hydrogen (secondary N) is 2. The fourth-order valence-corrected chi connectivity index (χ4v) is 4.75. The number of aliphatic hydroxyl groups excluding tert-OH is 1. The van der Waals surface area contributed by atoms with Crippen molar-refractivity contribution in [1.29, 1.82) is 0 Å². The van der Waals surface area contributed by atoms with Crippen molar-refractivity contribution in [3.63, 3.8) is 0 Å². The second-order valence-corrected chi connectivity index (χ2v) is 9.46. The van der Waals surface area contributed by atoms with Gasteiger partial charge in [-0.2, -0.15) is 5.09 Å². The number of hydrogen-bond acceptors (Lipinski definition) is 9. The fourth-order valence-electron chi connectivity index (χ4n) is 3.25. The third kappa shape index (κ3) is 6.91. The van der Waals surface area contributed by atoms with Gasteiger partial charge in [-0.15, -0.1) is 6.42 Å². The summed E-state index contributed by atoms with van der Waals surface area (Å²) in [6.07, 6.45) is 3.48. The normalized spacial score (nSPS) is 22.1. The van der Waals surface area contributed by atoms with Crippen LogP contribution in [-0.2, 0) is 23.4 Å². The highest BCUT2D eigenvalue weighted by atomic mass is 31.2. The third-order valence-electron chi connectivity index (χ3n) is 5.04. The molecule has 1 fully saturated rings. The van der Waals surface area contributed by atoms with E-state index in [0.717, 1.165) is 4.57 Å². The molecule has 0 bridgehead atoms. The molecule has 5 atom stereocenters. The van der Waals surface area contributed by atoms with E-state index in [9.17, 15) is 24.1 Å². The smallest absolute Gasteiger partial charge is 0.451 e. The number of esters is 1. The van der Waals surface area contributed by atoms with Crippen molar-refractivity contribution < 1.29 is 33.0 Å². The van der Waals surface area contributed by atoms with Crippen molar-refractivity contribution in [3.05, 3.63) is 62.9 Å². The number of aliphatic hydroxyl groups is 1. The highest BCUT2D eigenvalue weighted by Crippen LogP contribution is 2.45. The Morgan fingerprint density at radius 1 is 1.40 bits per heavy atom.